The van der Waals surface area contributed by atoms with Gasteiger partial charge >= 0.3 is 6.03 Å². The van der Waals surface area contributed by atoms with Gasteiger partial charge in [0.15, 0.2) is 11.5 Å². The highest BCUT2D eigenvalue weighted by molar-refractivity contribution is 9.11. The molecule has 1 heterocycles. The summed E-state index contributed by atoms with van der Waals surface area (Å²) in [5.41, 5.74) is 2.32. The Hall–Kier alpha value is -1.69. The van der Waals surface area contributed by atoms with E-state index in [1.807, 2.05) is 26.0 Å². The van der Waals surface area contributed by atoms with Crippen LogP contribution in [0, 0.1) is 0 Å². The van der Waals surface area contributed by atoms with E-state index in [0.717, 1.165) is 28.0 Å². The molecule has 0 saturated carbocycles. The lowest BCUT2D eigenvalue weighted by atomic mass is 9.99. The Morgan fingerprint density at radius 1 is 1.26 bits per heavy atom. The third kappa shape index (κ3) is 4.64. The summed E-state index contributed by atoms with van der Waals surface area (Å²) in [6.45, 7) is 10.5. The Kier molecular flexibility index (Phi) is 6.33. The molecule has 1 aliphatic heterocycles. The number of hydrogen-bond acceptors (Lipinski definition) is 3. The summed E-state index contributed by atoms with van der Waals surface area (Å²) in [6.07, 6.45) is 0.810. The number of benzene rings is 1. The van der Waals surface area contributed by atoms with Crippen molar-refractivity contribution >= 4 is 22.0 Å². The molecule has 0 radical (unpaired) electrons. The number of ether oxygens (including phenoxy) is 2. The summed E-state index contributed by atoms with van der Waals surface area (Å²) in [6, 6.07) is 3.95. The van der Waals surface area contributed by atoms with Gasteiger partial charge in [-0.25, -0.2) is 4.79 Å². The van der Waals surface area contributed by atoms with Gasteiger partial charge in [0.2, 0.25) is 0 Å². The van der Waals surface area contributed by atoms with Crippen molar-refractivity contribution in [2.24, 2.45) is 0 Å². The lowest BCUT2D eigenvalue weighted by molar-refractivity contribution is 0.193. The average Bonchev–Trinajstić information content (AvgIpc) is 2.53. The smallest absolute Gasteiger partial charge is 0.317 e. The molecule has 1 aromatic carbocycles. The first-order chi connectivity index (χ1) is 11.0. The summed E-state index contributed by atoms with van der Waals surface area (Å²) in [5, 5.41) is 2.84. The van der Waals surface area contributed by atoms with Crippen LogP contribution in [0.4, 0.5) is 4.79 Å². The molecule has 0 bridgehead atoms. The van der Waals surface area contributed by atoms with Crippen molar-refractivity contribution in [2.75, 3.05) is 26.3 Å². The zero-order valence-corrected chi connectivity index (χ0v) is 15.2. The largest absolute Gasteiger partial charge is 0.490 e. The van der Waals surface area contributed by atoms with E-state index in [4.69, 9.17) is 9.47 Å². The van der Waals surface area contributed by atoms with Gasteiger partial charge in [-0.15, -0.1) is 0 Å². The number of urea groups is 1. The molecule has 1 N–H and O–H groups in total. The van der Waals surface area contributed by atoms with Crippen molar-refractivity contribution in [2.45, 2.75) is 26.8 Å². The second-order valence-electron chi connectivity index (χ2n) is 5.28. The lowest BCUT2D eigenvalue weighted by Gasteiger charge is -2.30. The molecule has 5 nitrogen and oxygen atoms in total. The molecule has 1 aromatic rings. The van der Waals surface area contributed by atoms with Crippen molar-refractivity contribution in [3.63, 3.8) is 0 Å². The molecular formula is C17H23BrN2O3. The minimum atomic E-state index is -0.0805. The van der Waals surface area contributed by atoms with Gasteiger partial charge in [0.25, 0.3) is 0 Å². The maximum absolute atomic E-state index is 12.2. The van der Waals surface area contributed by atoms with Crippen LogP contribution in [0.25, 0.3) is 0 Å². The van der Waals surface area contributed by atoms with Crippen LogP contribution >= 0.6 is 15.9 Å². The Bertz CT molecular complexity index is 589. The van der Waals surface area contributed by atoms with Crippen molar-refractivity contribution in [3.8, 4) is 11.5 Å². The predicted octanol–water partition coefficient (Wildman–Crippen LogP) is 3.46. The highest BCUT2D eigenvalue weighted by Crippen LogP contribution is 2.33. The summed E-state index contributed by atoms with van der Waals surface area (Å²) in [7, 11) is 0. The fraction of sp³-hybridized carbons (Fsp3) is 0.471. The standard InChI is InChI=1S/C17H23BrN2O3/c1-4-22-15-8-13-6-7-20(17(21)19-10-12(3)18)11-14(13)9-16(15)23-5-2/h8-9H,3-7,10-11H2,1-2H3,(H,19,21). The van der Waals surface area contributed by atoms with Gasteiger partial charge < -0.3 is 19.7 Å². The second-order valence-corrected chi connectivity index (χ2v) is 6.40. The van der Waals surface area contributed by atoms with E-state index in [9.17, 15) is 4.79 Å². The molecule has 0 spiro atoms. The highest BCUT2D eigenvalue weighted by Gasteiger charge is 2.22. The zero-order valence-electron chi connectivity index (χ0n) is 13.7. The number of nitrogens with one attached hydrogen (secondary N) is 1. The van der Waals surface area contributed by atoms with E-state index >= 15 is 0 Å². The molecule has 0 fully saturated rings. The second kappa shape index (κ2) is 8.24. The summed E-state index contributed by atoms with van der Waals surface area (Å²) >= 11 is 3.24. The lowest BCUT2D eigenvalue weighted by Crippen LogP contribution is -2.43. The number of hydrogen-bond donors (Lipinski definition) is 1. The van der Waals surface area contributed by atoms with Gasteiger partial charge in [0.1, 0.15) is 0 Å². The van der Waals surface area contributed by atoms with E-state index in [1.165, 1.54) is 5.56 Å². The van der Waals surface area contributed by atoms with Crippen LogP contribution in [0.5, 0.6) is 11.5 Å². The van der Waals surface area contributed by atoms with Crippen molar-refractivity contribution < 1.29 is 14.3 Å². The van der Waals surface area contributed by atoms with Crippen LogP contribution < -0.4 is 14.8 Å². The predicted molar refractivity (Wildman–Crippen MR) is 94.4 cm³/mol. The van der Waals surface area contributed by atoms with Crippen LogP contribution in [0.15, 0.2) is 23.2 Å². The molecule has 6 heteroatoms. The first-order valence-corrected chi connectivity index (χ1v) is 8.61. The number of carbonyl (C=O) groups excluding carboxylic acids is 1. The number of nitrogens with zero attached hydrogens (tertiary/aromatic N) is 1. The van der Waals surface area contributed by atoms with Gasteiger partial charge in [-0.1, -0.05) is 22.5 Å². The van der Waals surface area contributed by atoms with E-state index in [0.29, 0.717) is 32.8 Å². The number of rotatable bonds is 6. The van der Waals surface area contributed by atoms with E-state index in [2.05, 4.69) is 27.8 Å². The van der Waals surface area contributed by atoms with E-state index in [-0.39, 0.29) is 6.03 Å². The number of amides is 2. The topological polar surface area (TPSA) is 50.8 Å². The fourth-order valence-corrected chi connectivity index (χ4v) is 2.70. The molecule has 2 rings (SSSR count). The summed E-state index contributed by atoms with van der Waals surface area (Å²) in [5.74, 6) is 1.52. The van der Waals surface area contributed by atoms with Crippen LogP contribution in [0.3, 0.4) is 0 Å². The average molecular weight is 383 g/mol. The van der Waals surface area contributed by atoms with Gasteiger partial charge in [-0.2, -0.15) is 0 Å². The van der Waals surface area contributed by atoms with Crippen LogP contribution in [-0.2, 0) is 13.0 Å². The van der Waals surface area contributed by atoms with Crippen LogP contribution in [0.1, 0.15) is 25.0 Å². The fourth-order valence-electron chi connectivity index (χ4n) is 2.56. The molecule has 126 valence electrons. The Morgan fingerprint density at radius 3 is 2.43 bits per heavy atom. The van der Waals surface area contributed by atoms with Gasteiger partial charge in [0, 0.05) is 17.6 Å². The molecule has 0 aromatic heterocycles. The maximum atomic E-state index is 12.2. The molecule has 2 amide bonds. The first-order valence-electron chi connectivity index (χ1n) is 7.82. The van der Waals surface area contributed by atoms with Crippen LogP contribution in [-0.4, -0.2) is 37.2 Å². The van der Waals surface area contributed by atoms with Gasteiger partial charge in [0.05, 0.1) is 19.8 Å². The minimum absolute atomic E-state index is 0.0805. The number of fused-ring (bicyclic) bond motifs is 1. The molecule has 0 aliphatic carbocycles. The third-order valence-corrected chi connectivity index (χ3v) is 3.88. The Labute approximate surface area is 145 Å². The molecule has 1 aliphatic rings. The van der Waals surface area contributed by atoms with E-state index in [1.54, 1.807) is 4.90 Å². The van der Waals surface area contributed by atoms with Gasteiger partial charge in [-0.3, -0.25) is 0 Å². The van der Waals surface area contributed by atoms with E-state index < -0.39 is 0 Å². The van der Waals surface area contributed by atoms with Gasteiger partial charge in [-0.05, 0) is 43.5 Å². The molecular weight excluding hydrogens is 360 g/mol. The van der Waals surface area contributed by atoms with Crippen molar-refractivity contribution in [1.29, 1.82) is 0 Å². The SMILES string of the molecule is C=C(Br)CNC(=O)N1CCc2cc(OCC)c(OCC)cc2C1. The maximum Gasteiger partial charge on any atom is 0.317 e. The molecule has 23 heavy (non-hydrogen) atoms. The Balaban J connectivity index is 2.14. The van der Waals surface area contributed by atoms with Crippen molar-refractivity contribution in [1.82, 2.24) is 10.2 Å². The quantitative estimate of drug-likeness (QED) is 0.819. The number of carbonyl (C=O) groups is 1. The Morgan fingerprint density at radius 2 is 1.87 bits per heavy atom. The summed E-state index contributed by atoms with van der Waals surface area (Å²) in [4.78, 5) is 14.0. The van der Waals surface area contributed by atoms with Crippen LogP contribution in [0.2, 0.25) is 0 Å². The molecule has 0 atom stereocenters. The monoisotopic (exact) mass is 382 g/mol. The third-order valence-electron chi connectivity index (χ3n) is 3.60. The zero-order chi connectivity index (χ0) is 16.8. The first kappa shape index (κ1) is 17.7. The normalized spacial score (nSPS) is 13.3. The number of halogens is 1. The summed E-state index contributed by atoms with van der Waals surface area (Å²) < 4.78 is 12.1. The van der Waals surface area contributed by atoms with Crippen molar-refractivity contribution in [3.05, 3.63) is 34.3 Å². The highest BCUT2D eigenvalue weighted by atomic mass is 79.9. The molecule has 0 unspecified atom stereocenters. The molecule has 0 saturated heterocycles. The minimum Gasteiger partial charge on any atom is -0.490 e.